The average Bonchev–Trinajstić information content (AvgIpc) is 3.00. The van der Waals surface area contributed by atoms with Crippen molar-refractivity contribution in [1.82, 2.24) is 0 Å². The molecular formula is C11H10O2. The minimum Gasteiger partial charge on any atom is -0.483 e. The highest BCUT2D eigenvalue weighted by Crippen LogP contribution is 2.29. The maximum absolute atomic E-state index is 5.74. The van der Waals surface area contributed by atoms with Gasteiger partial charge in [-0.2, -0.15) is 0 Å². The van der Waals surface area contributed by atoms with Crippen LogP contribution in [0.2, 0.25) is 0 Å². The third kappa shape index (κ3) is 1.23. The van der Waals surface area contributed by atoms with Gasteiger partial charge in [-0.25, -0.2) is 0 Å². The van der Waals surface area contributed by atoms with E-state index in [0.717, 1.165) is 17.9 Å². The molecule has 0 aromatic heterocycles. The quantitative estimate of drug-likeness (QED) is 0.606. The van der Waals surface area contributed by atoms with Gasteiger partial charge in [0.25, 0.3) is 0 Å². The third-order valence-electron chi connectivity index (χ3n) is 2.37. The first-order valence-electron chi connectivity index (χ1n) is 4.49. The van der Waals surface area contributed by atoms with Gasteiger partial charge < -0.3 is 9.47 Å². The molecule has 0 bridgehead atoms. The summed E-state index contributed by atoms with van der Waals surface area (Å²) in [4.78, 5) is 0. The number of fused-ring (bicyclic) bond motifs is 1. The van der Waals surface area contributed by atoms with E-state index >= 15 is 0 Å². The molecule has 0 amide bonds. The molecule has 0 radical (unpaired) electrons. The van der Waals surface area contributed by atoms with E-state index in [2.05, 4.69) is 18.2 Å². The van der Waals surface area contributed by atoms with Crippen molar-refractivity contribution < 1.29 is 9.47 Å². The van der Waals surface area contributed by atoms with Crippen molar-refractivity contribution in [3.05, 3.63) is 35.9 Å². The standard InChI is InChI=1S/C11H10O2/c1-2-4-9-8(3-1)5-6-10(13-9)11-7-12-11/h1-6,10-11H,7H2/t10?,11-/m0/s1. The van der Waals surface area contributed by atoms with E-state index in [-0.39, 0.29) is 12.2 Å². The highest BCUT2D eigenvalue weighted by molar-refractivity contribution is 5.59. The van der Waals surface area contributed by atoms with Crippen LogP contribution in [0.1, 0.15) is 5.56 Å². The Hall–Kier alpha value is -1.28. The number of para-hydroxylation sites is 1. The molecule has 0 aliphatic carbocycles. The van der Waals surface area contributed by atoms with Gasteiger partial charge in [-0.05, 0) is 12.1 Å². The highest BCUT2D eigenvalue weighted by Gasteiger charge is 2.34. The fourth-order valence-electron chi connectivity index (χ4n) is 1.56. The summed E-state index contributed by atoms with van der Waals surface area (Å²) in [6.07, 6.45) is 4.57. The van der Waals surface area contributed by atoms with E-state index in [1.165, 1.54) is 0 Å². The van der Waals surface area contributed by atoms with Gasteiger partial charge in [-0.1, -0.05) is 24.3 Å². The molecule has 13 heavy (non-hydrogen) atoms. The second-order valence-electron chi connectivity index (χ2n) is 3.35. The molecule has 1 aromatic carbocycles. The molecule has 2 aliphatic rings. The summed E-state index contributed by atoms with van der Waals surface area (Å²) < 4.78 is 10.9. The molecule has 1 saturated heterocycles. The first-order chi connectivity index (χ1) is 6.43. The van der Waals surface area contributed by atoms with Gasteiger partial charge in [-0.3, -0.25) is 0 Å². The van der Waals surface area contributed by atoms with Crippen LogP contribution in [-0.4, -0.2) is 18.8 Å². The minimum absolute atomic E-state index is 0.120. The van der Waals surface area contributed by atoms with Crippen LogP contribution in [0.15, 0.2) is 30.3 Å². The minimum atomic E-state index is 0.120. The summed E-state index contributed by atoms with van der Waals surface area (Å²) in [5.41, 5.74) is 1.15. The average molecular weight is 174 g/mol. The maximum atomic E-state index is 5.74. The fourth-order valence-corrected chi connectivity index (χ4v) is 1.56. The number of benzene rings is 1. The predicted octanol–water partition coefficient (Wildman–Crippen LogP) is 1.86. The van der Waals surface area contributed by atoms with Crippen molar-refractivity contribution in [2.45, 2.75) is 12.2 Å². The van der Waals surface area contributed by atoms with E-state index in [0.29, 0.717) is 0 Å². The highest BCUT2D eigenvalue weighted by atomic mass is 16.6. The van der Waals surface area contributed by atoms with Crippen LogP contribution in [0.25, 0.3) is 6.08 Å². The Morgan fingerprint density at radius 2 is 2.08 bits per heavy atom. The van der Waals surface area contributed by atoms with Crippen LogP contribution < -0.4 is 4.74 Å². The van der Waals surface area contributed by atoms with Gasteiger partial charge >= 0.3 is 0 Å². The maximum Gasteiger partial charge on any atom is 0.146 e. The van der Waals surface area contributed by atoms with Gasteiger partial charge in [0.15, 0.2) is 0 Å². The monoisotopic (exact) mass is 174 g/mol. The summed E-state index contributed by atoms with van der Waals surface area (Å²) in [6.45, 7) is 0.831. The lowest BCUT2D eigenvalue weighted by Crippen LogP contribution is -2.22. The molecule has 1 unspecified atom stereocenters. The lowest BCUT2D eigenvalue weighted by molar-refractivity contribution is 0.198. The van der Waals surface area contributed by atoms with Crippen molar-refractivity contribution in [3.63, 3.8) is 0 Å². The normalized spacial score (nSPS) is 29.2. The van der Waals surface area contributed by atoms with Crippen molar-refractivity contribution >= 4 is 6.08 Å². The smallest absolute Gasteiger partial charge is 0.146 e. The van der Waals surface area contributed by atoms with Gasteiger partial charge in [0.1, 0.15) is 18.0 Å². The van der Waals surface area contributed by atoms with E-state index in [1.807, 2.05) is 18.2 Å². The van der Waals surface area contributed by atoms with Gasteiger partial charge in [-0.15, -0.1) is 0 Å². The Morgan fingerprint density at radius 3 is 2.92 bits per heavy atom. The zero-order valence-corrected chi connectivity index (χ0v) is 7.14. The van der Waals surface area contributed by atoms with Gasteiger partial charge in [0.05, 0.1) is 6.61 Å². The summed E-state index contributed by atoms with van der Waals surface area (Å²) >= 11 is 0. The van der Waals surface area contributed by atoms with Crippen LogP contribution in [0.4, 0.5) is 0 Å². The van der Waals surface area contributed by atoms with Crippen LogP contribution in [-0.2, 0) is 4.74 Å². The molecule has 3 rings (SSSR count). The van der Waals surface area contributed by atoms with Crippen molar-refractivity contribution in [3.8, 4) is 5.75 Å². The first kappa shape index (κ1) is 7.15. The summed E-state index contributed by atoms with van der Waals surface area (Å²) in [5.74, 6) is 0.963. The summed E-state index contributed by atoms with van der Waals surface area (Å²) in [7, 11) is 0. The number of ether oxygens (including phenoxy) is 2. The third-order valence-corrected chi connectivity index (χ3v) is 2.37. The molecule has 2 aliphatic heterocycles. The SMILES string of the molecule is C1=CC([C@@H]2CO2)Oc2ccccc21. The number of hydrogen-bond acceptors (Lipinski definition) is 2. The fraction of sp³-hybridized carbons (Fsp3) is 0.273. The molecule has 2 heterocycles. The molecule has 66 valence electrons. The number of hydrogen-bond donors (Lipinski definition) is 0. The molecule has 1 fully saturated rings. The molecule has 0 spiro atoms. The van der Waals surface area contributed by atoms with Crippen LogP contribution in [0.3, 0.4) is 0 Å². The zero-order chi connectivity index (χ0) is 8.67. The summed E-state index contributed by atoms with van der Waals surface area (Å²) in [6, 6.07) is 8.05. The van der Waals surface area contributed by atoms with Gasteiger partial charge in [0.2, 0.25) is 0 Å². The molecule has 2 heteroatoms. The number of epoxide rings is 1. The Bertz CT molecular complexity index is 353. The van der Waals surface area contributed by atoms with E-state index in [1.54, 1.807) is 0 Å². The largest absolute Gasteiger partial charge is 0.483 e. The Morgan fingerprint density at radius 1 is 1.23 bits per heavy atom. The molecule has 2 atom stereocenters. The topological polar surface area (TPSA) is 21.8 Å². The number of rotatable bonds is 1. The van der Waals surface area contributed by atoms with E-state index in [9.17, 15) is 0 Å². The van der Waals surface area contributed by atoms with Crippen LogP contribution in [0, 0.1) is 0 Å². The Balaban J connectivity index is 1.93. The molecule has 1 aromatic rings. The second kappa shape index (κ2) is 2.60. The molecule has 2 nitrogen and oxygen atoms in total. The lowest BCUT2D eigenvalue weighted by atomic mass is 10.1. The van der Waals surface area contributed by atoms with Crippen LogP contribution >= 0.6 is 0 Å². The Labute approximate surface area is 76.8 Å². The van der Waals surface area contributed by atoms with E-state index in [4.69, 9.17) is 9.47 Å². The van der Waals surface area contributed by atoms with Crippen LogP contribution in [0.5, 0.6) is 5.75 Å². The molecular weight excluding hydrogens is 164 g/mol. The van der Waals surface area contributed by atoms with Crippen molar-refractivity contribution in [1.29, 1.82) is 0 Å². The Kier molecular flexibility index (Phi) is 1.43. The first-order valence-corrected chi connectivity index (χ1v) is 4.49. The predicted molar refractivity (Wildman–Crippen MR) is 49.6 cm³/mol. The van der Waals surface area contributed by atoms with E-state index < -0.39 is 0 Å². The molecule has 0 saturated carbocycles. The van der Waals surface area contributed by atoms with Crippen molar-refractivity contribution in [2.75, 3.05) is 6.61 Å². The van der Waals surface area contributed by atoms with Gasteiger partial charge in [0, 0.05) is 5.56 Å². The summed E-state index contributed by atoms with van der Waals surface area (Å²) in [5, 5.41) is 0. The second-order valence-corrected chi connectivity index (χ2v) is 3.35. The van der Waals surface area contributed by atoms with Crippen molar-refractivity contribution in [2.24, 2.45) is 0 Å². The molecule has 0 N–H and O–H groups in total. The zero-order valence-electron chi connectivity index (χ0n) is 7.14. The lowest BCUT2D eigenvalue weighted by Gasteiger charge is -2.19.